The molecule has 2 aliphatic rings. The fraction of sp³-hybridized carbons (Fsp3) is 0.500. The molecule has 0 bridgehead atoms. The summed E-state index contributed by atoms with van der Waals surface area (Å²) in [5.74, 6) is 6.04. The largest absolute Gasteiger partial charge is 0.275 e. The van der Waals surface area contributed by atoms with Crippen LogP contribution in [-0.2, 0) is 0 Å². The van der Waals surface area contributed by atoms with Gasteiger partial charge in [-0.05, 0) is 18.9 Å². The van der Waals surface area contributed by atoms with Crippen LogP contribution in [0.2, 0.25) is 0 Å². The van der Waals surface area contributed by atoms with Gasteiger partial charge < -0.3 is 0 Å². The molecule has 54 valence electrons. The number of rotatable bonds is 1. The third-order valence-corrected chi connectivity index (χ3v) is 1.68. The zero-order valence-electron chi connectivity index (χ0n) is 5.62. The van der Waals surface area contributed by atoms with Crippen LogP contribution in [0, 0.1) is 5.92 Å². The van der Waals surface area contributed by atoms with Crippen molar-refractivity contribution in [1.82, 2.24) is 10.7 Å². The molecule has 3 N–H and O–H groups in total. The van der Waals surface area contributed by atoms with E-state index in [2.05, 4.69) is 10.5 Å². The molecule has 10 heavy (non-hydrogen) atoms. The van der Waals surface area contributed by atoms with E-state index in [9.17, 15) is 0 Å². The van der Waals surface area contributed by atoms with E-state index in [0.717, 1.165) is 5.71 Å². The Bertz CT molecular complexity index is 192. The molecule has 1 saturated carbocycles. The van der Waals surface area contributed by atoms with Gasteiger partial charge in [-0.15, -0.1) is 10.3 Å². The van der Waals surface area contributed by atoms with Gasteiger partial charge in [0.1, 0.15) is 0 Å². The van der Waals surface area contributed by atoms with Gasteiger partial charge >= 0.3 is 0 Å². The minimum atomic E-state index is 0.671. The molecule has 1 heterocycles. The van der Waals surface area contributed by atoms with E-state index < -0.39 is 0 Å². The van der Waals surface area contributed by atoms with Crippen LogP contribution in [0.5, 0.6) is 0 Å². The van der Waals surface area contributed by atoms with Gasteiger partial charge in [0.05, 0.1) is 5.71 Å². The molecule has 0 unspecified atom stereocenters. The zero-order chi connectivity index (χ0) is 6.97. The molecule has 0 amide bonds. The molecule has 0 aromatic carbocycles. The Morgan fingerprint density at radius 3 is 3.10 bits per heavy atom. The summed E-state index contributed by atoms with van der Waals surface area (Å²) < 4.78 is 0. The van der Waals surface area contributed by atoms with Crippen LogP contribution < -0.4 is 11.3 Å². The highest BCUT2D eigenvalue weighted by Gasteiger charge is 2.27. The molecule has 4 heteroatoms. The number of hydrazine groups is 2. The van der Waals surface area contributed by atoms with Crippen molar-refractivity contribution in [1.29, 1.82) is 0 Å². The Labute approximate surface area is 59.3 Å². The lowest BCUT2D eigenvalue weighted by Crippen LogP contribution is -2.39. The number of hydrogen-bond donors (Lipinski definition) is 2. The fourth-order valence-corrected chi connectivity index (χ4v) is 0.982. The maximum atomic E-state index is 5.37. The second-order valence-electron chi connectivity index (χ2n) is 2.61. The zero-order valence-corrected chi connectivity index (χ0v) is 5.62. The summed E-state index contributed by atoms with van der Waals surface area (Å²) in [7, 11) is 0. The SMILES string of the molecule is NN1N=C(C2CC2)C=CN1. The number of hydrazone groups is 1. The highest BCUT2D eigenvalue weighted by atomic mass is 15.8. The molecule has 4 nitrogen and oxygen atoms in total. The van der Waals surface area contributed by atoms with Crippen LogP contribution in [-0.4, -0.2) is 10.9 Å². The highest BCUT2D eigenvalue weighted by Crippen LogP contribution is 2.31. The molecule has 1 aliphatic carbocycles. The maximum absolute atomic E-state index is 5.37. The van der Waals surface area contributed by atoms with Gasteiger partial charge in [-0.1, -0.05) is 0 Å². The predicted octanol–water partition coefficient (Wildman–Crippen LogP) is -0.0400. The van der Waals surface area contributed by atoms with Crippen molar-refractivity contribution in [3.8, 4) is 0 Å². The monoisotopic (exact) mass is 138 g/mol. The van der Waals surface area contributed by atoms with Crippen LogP contribution in [0.15, 0.2) is 17.4 Å². The first-order valence-corrected chi connectivity index (χ1v) is 3.42. The second kappa shape index (κ2) is 1.98. The molecule has 1 aliphatic heterocycles. The van der Waals surface area contributed by atoms with Crippen LogP contribution >= 0.6 is 0 Å². The quantitative estimate of drug-likeness (QED) is 0.500. The van der Waals surface area contributed by atoms with Crippen LogP contribution in [0.25, 0.3) is 0 Å². The number of allylic oxidation sites excluding steroid dienone is 1. The van der Waals surface area contributed by atoms with Gasteiger partial charge in [-0.2, -0.15) is 0 Å². The van der Waals surface area contributed by atoms with E-state index in [1.807, 2.05) is 6.08 Å². The summed E-state index contributed by atoms with van der Waals surface area (Å²) in [4.78, 5) is 0. The highest BCUT2D eigenvalue weighted by molar-refractivity contribution is 5.98. The normalized spacial score (nSPS) is 24.1. The second-order valence-corrected chi connectivity index (χ2v) is 2.61. The van der Waals surface area contributed by atoms with Crippen molar-refractivity contribution in [2.75, 3.05) is 0 Å². The van der Waals surface area contributed by atoms with Gasteiger partial charge in [0, 0.05) is 12.1 Å². The number of nitrogens with two attached hydrogens (primary N) is 1. The molecule has 1 fully saturated rings. The molecule has 0 saturated heterocycles. The topological polar surface area (TPSA) is 53.6 Å². The average Bonchev–Trinajstić information content (AvgIpc) is 2.68. The van der Waals surface area contributed by atoms with Crippen molar-refractivity contribution >= 4 is 5.71 Å². The van der Waals surface area contributed by atoms with Gasteiger partial charge in [0.2, 0.25) is 0 Å². The molecule has 2 rings (SSSR count). The van der Waals surface area contributed by atoms with E-state index in [4.69, 9.17) is 5.84 Å². The molecule has 0 aromatic heterocycles. The first-order chi connectivity index (χ1) is 4.86. The fourth-order valence-electron chi connectivity index (χ4n) is 0.982. The maximum Gasteiger partial charge on any atom is 0.0687 e. The Morgan fingerprint density at radius 2 is 2.50 bits per heavy atom. The van der Waals surface area contributed by atoms with Crippen LogP contribution in [0.3, 0.4) is 0 Å². The lowest BCUT2D eigenvalue weighted by atomic mass is 10.2. The van der Waals surface area contributed by atoms with E-state index in [-0.39, 0.29) is 0 Å². The third-order valence-electron chi connectivity index (χ3n) is 1.68. The van der Waals surface area contributed by atoms with Crippen LogP contribution in [0.1, 0.15) is 12.8 Å². The number of nitrogens with one attached hydrogen (secondary N) is 1. The van der Waals surface area contributed by atoms with E-state index >= 15 is 0 Å². The van der Waals surface area contributed by atoms with Crippen molar-refractivity contribution in [2.24, 2.45) is 16.9 Å². The smallest absolute Gasteiger partial charge is 0.0687 e. The summed E-state index contributed by atoms with van der Waals surface area (Å²) >= 11 is 0. The molecule has 0 radical (unpaired) electrons. The Morgan fingerprint density at radius 1 is 1.70 bits per heavy atom. The van der Waals surface area contributed by atoms with Crippen molar-refractivity contribution < 1.29 is 0 Å². The summed E-state index contributed by atoms with van der Waals surface area (Å²) in [6.45, 7) is 0. The van der Waals surface area contributed by atoms with Gasteiger partial charge in [-0.3, -0.25) is 5.43 Å². The molecular weight excluding hydrogens is 128 g/mol. The van der Waals surface area contributed by atoms with Crippen LogP contribution in [0.4, 0.5) is 0 Å². The first kappa shape index (κ1) is 5.73. The van der Waals surface area contributed by atoms with Gasteiger partial charge in [0.25, 0.3) is 0 Å². The summed E-state index contributed by atoms with van der Waals surface area (Å²) in [6.07, 6.45) is 6.30. The molecule has 0 aromatic rings. The van der Waals surface area contributed by atoms with E-state index in [1.165, 1.54) is 18.1 Å². The van der Waals surface area contributed by atoms with Gasteiger partial charge in [0.15, 0.2) is 0 Å². The molecular formula is C6H10N4. The minimum absolute atomic E-state index is 0.671. The van der Waals surface area contributed by atoms with Gasteiger partial charge in [-0.25, -0.2) is 5.84 Å². The number of nitrogens with zero attached hydrogens (tertiary/aromatic N) is 2. The van der Waals surface area contributed by atoms with Crippen molar-refractivity contribution in [2.45, 2.75) is 12.8 Å². The average molecular weight is 138 g/mol. The minimum Gasteiger partial charge on any atom is -0.275 e. The Kier molecular flexibility index (Phi) is 1.14. The molecule has 0 atom stereocenters. The Hall–Kier alpha value is -1.03. The van der Waals surface area contributed by atoms with E-state index in [1.54, 1.807) is 6.20 Å². The summed E-state index contributed by atoms with van der Waals surface area (Å²) in [5.41, 5.74) is 3.84. The first-order valence-electron chi connectivity index (χ1n) is 3.42. The predicted molar refractivity (Wildman–Crippen MR) is 38.5 cm³/mol. The van der Waals surface area contributed by atoms with Crippen molar-refractivity contribution in [3.63, 3.8) is 0 Å². The van der Waals surface area contributed by atoms with E-state index in [0.29, 0.717) is 5.92 Å². The number of hydrogen-bond acceptors (Lipinski definition) is 4. The van der Waals surface area contributed by atoms with Crippen molar-refractivity contribution in [3.05, 3.63) is 12.3 Å². The Balaban J connectivity index is 2.10. The standard InChI is InChI=1S/C6H10N4/c7-10-8-4-3-6(9-10)5-1-2-5/h3-5,8H,1-2,7H2. The lowest BCUT2D eigenvalue weighted by molar-refractivity contribution is 0.236. The summed E-state index contributed by atoms with van der Waals surface area (Å²) in [6, 6.07) is 0. The lowest BCUT2D eigenvalue weighted by Gasteiger charge is -2.16. The molecule has 0 spiro atoms. The third kappa shape index (κ3) is 0.974. The summed E-state index contributed by atoms with van der Waals surface area (Å²) in [5, 5.41) is 5.32.